The van der Waals surface area contributed by atoms with Gasteiger partial charge in [-0.25, -0.2) is 4.39 Å². The van der Waals surface area contributed by atoms with E-state index in [-0.39, 0.29) is 5.82 Å². The second-order valence-electron chi connectivity index (χ2n) is 4.19. The fraction of sp³-hybridized carbons (Fsp3) is 0.267. The first-order valence-corrected chi connectivity index (χ1v) is 6.30. The highest BCUT2D eigenvalue weighted by Crippen LogP contribution is 2.19. The Morgan fingerprint density at radius 3 is 2.89 bits per heavy atom. The van der Waals surface area contributed by atoms with Gasteiger partial charge in [0.2, 0.25) is 0 Å². The Balaban J connectivity index is 2.02. The molecule has 3 nitrogen and oxygen atoms in total. The topological polar surface area (TPSA) is 34.1 Å². The smallest absolute Gasteiger partial charge is 0.141 e. The van der Waals surface area contributed by atoms with E-state index in [1.807, 2.05) is 24.3 Å². The number of para-hydroxylation sites is 1. The van der Waals surface area contributed by atoms with Crippen LogP contribution in [-0.2, 0) is 13.2 Å². The standard InChI is InChI=1S/C15H17FN2O/c1-2-17-9-13-5-3-4-6-15(13)19-11-12-7-14(16)10-18-8-12/h3-8,10,17H,2,9,11H2,1H3. The maximum atomic E-state index is 13.0. The van der Waals surface area contributed by atoms with E-state index < -0.39 is 0 Å². The van der Waals surface area contributed by atoms with Gasteiger partial charge in [-0.3, -0.25) is 4.98 Å². The Bertz CT molecular complexity index is 531. The van der Waals surface area contributed by atoms with Crippen LogP contribution in [0, 0.1) is 5.82 Å². The van der Waals surface area contributed by atoms with Gasteiger partial charge in [0.15, 0.2) is 0 Å². The van der Waals surface area contributed by atoms with E-state index in [1.165, 1.54) is 12.3 Å². The monoisotopic (exact) mass is 260 g/mol. The van der Waals surface area contributed by atoms with Crippen molar-refractivity contribution in [3.8, 4) is 5.75 Å². The number of ether oxygens (including phenoxy) is 1. The van der Waals surface area contributed by atoms with Crippen molar-refractivity contribution in [2.75, 3.05) is 6.54 Å². The highest BCUT2D eigenvalue weighted by Gasteiger charge is 2.03. The Labute approximate surface area is 112 Å². The number of hydrogen-bond donors (Lipinski definition) is 1. The minimum Gasteiger partial charge on any atom is -0.489 e. The second kappa shape index (κ2) is 6.85. The quantitative estimate of drug-likeness (QED) is 0.867. The molecule has 0 fully saturated rings. The van der Waals surface area contributed by atoms with Crippen LogP contribution >= 0.6 is 0 Å². The van der Waals surface area contributed by atoms with Gasteiger partial charge < -0.3 is 10.1 Å². The van der Waals surface area contributed by atoms with E-state index in [2.05, 4.69) is 17.2 Å². The van der Waals surface area contributed by atoms with Gasteiger partial charge in [0.1, 0.15) is 18.2 Å². The highest BCUT2D eigenvalue weighted by atomic mass is 19.1. The lowest BCUT2D eigenvalue weighted by molar-refractivity contribution is 0.301. The maximum absolute atomic E-state index is 13.0. The van der Waals surface area contributed by atoms with E-state index in [0.717, 1.165) is 30.0 Å². The van der Waals surface area contributed by atoms with E-state index in [0.29, 0.717) is 6.61 Å². The number of halogens is 1. The molecule has 2 aromatic rings. The van der Waals surface area contributed by atoms with Gasteiger partial charge in [-0.05, 0) is 18.7 Å². The van der Waals surface area contributed by atoms with Gasteiger partial charge >= 0.3 is 0 Å². The molecular weight excluding hydrogens is 243 g/mol. The molecule has 0 bridgehead atoms. The molecular formula is C15H17FN2O. The third-order valence-electron chi connectivity index (χ3n) is 2.69. The molecule has 100 valence electrons. The van der Waals surface area contributed by atoms with Crippen LogP contribution in [0.2, 0.25) is 0 Å². The third-order valence-corrected chi connectivity index (χ3v) is 2.69. The molecule has 19 heavy (non-hydrogen) atoms. The van der Waals surface area contributed by atoms with Crippen LogP contribution in [0.5, 0.6) is 5.75 Å². The molecule has 1 aromatic heterocycles. The Hall–Kier alpha value is -1.94. The summed E-state index contributed by atoms with van der Waals surface area (Å²) in [4.78, 5) is 3.80. The molecule has 0 aliphatic heterocycles. The Morgan fingerprint density at radius 2 is 2.11 bits per heavy atom. The number of hydrogen-bond acceptors (Lipinski definition) is 3. The fourth-order valence-electron chi connectivity index (χ4n) is 1.75. The predicted octanol–water partition coefficient (Wildman–Crippen LogP) is 2.91. The van der Waals surface area contributed by atoms with Crippen LogP contribution in [-0.4, -0.2) is 11.5 Å². The number of rotatable bonds is 6. The molecule has 0 aliphatic rings. The highest BCUT2D eigenvalue weighted by molar-refractivity contribution is 5.33. The minimum atomic E-state index is -0.345. The molecule has 0 amide bonds. The number of pyridine rings is 1. The second-order valence-corrected chi connectivity index (χ2v) is 4.19. The first-order chi connectivity index (χ1) is 9.29. The van der Waals surface area contributed by atoms with Gasteiger partial charge in [-0.15, -0.1) is 0 Å². The van der Waals surface area contributed by atoms with Gasteiger partial charge in [0, 0.05) is 23.9 Å². The van der Waals surface area contributed by atoms with Crippen LogP contribution < -0.4 is 10.1 Å². The van der Waals surface area contributed by atoms with Crippen molar-refractivity contribution < 1.29 is 9.13 Å². The number of nitrogens with zero attached hydrogens (tertiary/aromatic N) is 1. The molecule has 4 heteroatoms. The number of nitrogens with one attached hydrogen (secondary N) is 1. The summed E-state index contributed by atoms with van der Waals surface area (Å²) < 4.78 is 18.7. The molecule has 1 aromatic carbocycles. The molecule has 0 saturated heterocycles. The van der Waals surface area contributed by atoms with Gasteiger partial charge in [-0.2, -0.15) is 0 Å². The summed E-state index contributed by atoms with van der Waals surface area (Å²) in [6.07, 6.45) is 2.79. The van der Waals surface area contributed by atoms with Crippen molar-refractivity contribution in [1.29, 1.82) is 0 Å². The average molecular weight is 260 g/mol. The van der Waals surface area contributed by atoms with Crippen LogP contribution in [0.4, 0.5) is 4.39 Å². The van der Waals surface area contributed by atoms with Gasteiger partial charge in [0.25, 0.3) is 0 Å². The van der Waals surface area contributed by atoms with Gasteiger partial charge in [0.05, 0.1) is 6.20 Å². The summed E-state index contributed by atoms with van der Waals surface area (Å²) in [7, 11) is 0. The van der Waals surface area contributed by atoms with E-state index in [9.17, 15) is 4.39 Å². The Kier molecular flexibility index (Phi) is 4.86. The lowest BCUT2D eigenvalue weighted by atomic mass is 10.2. The summed E-state index contributed by atoms with van der Waals surface area (Å²) in [6.45, 7) is 4.03. The van der Waals surface area contributed by atoms with Crippen molar-refractivity contribution in [2.45, 2.75) is 20.1 Å². The Morgan fingerprint density at radius 1 is 1.26 bits per heavy atom. The molecule has 1 N–H and O–H groups in total. The average Bonchev–Trinajstić information content (AvgIpc) is 2.44. The molecule has 1 heterocycles. The fourth-order valence-corrected chi connectivity index (χ4v) is 1.75. The SMILES string of the molecule is CCNCc1ccccc1OCc1cncc(F)c1. The van der Waals surface area contributed by atoms with Crippen LogP contribution in [0.15, 0.2) is 42.7 Å². The van der Waals surface area contributed by atoms with Crippen LogP contribution in [0.25, 0.3) is 0 Å². The summed E-state index contributed by atoms with van der Waals surface area (Å²) in [6, 6.07) is 9.26. The van der Waals surface area contributed by atoms with Crippen molar-refractivity contribution in [1.82, 2.24) is 10.3 Å². The lowest BCUT2D eigenvalue weighted by Gasteiger charge is -2.11. The van der Waals surface area contributed by atoms with Crippen molar-refractivity contribution in [3.63, 3.8) is 0 Å². The largest absolute Gasteiger partial charge is 0.489 e. The molecule has 0 radical (unpaired) electrons. The maximum Gasteiger partial charge on any atom is 0.141 e. The molecule has 0 unspecified atom stereocenters. The van der Waals surface area contributed by atoms with Crippen LogP contribution in [0.3, 0.4) is 0 Å². The predicted molar refractivity (Wildman–Crippen MR) is 72.3 cm³/mol. The third kappa shape index (κ3) is 4.03. The summed E-state index contributed by atoms with van der Waals surface area (Å²) in [5, 5.41) is 3.26. The lowest BCUT2D eigenvalue weighted by Crippen LogP contribution is -2.12. The molecule has 2 rings (SSSR count). The van der Waals surface area contributed by atoms with Gasteiger partial charge in [-0.1, -0.05) is 25.1 Å². The zero-order chi connectivity index (χ0) is 13.5. The molecule has 0 saturated carbocycles. The number of aromatic nitrogens is 1. The zero-order valence-corrected chi connectivity index (χ0v) is 10.9. The molecule has 0 aliphatic carbocycles. The van der Waals surface area contributed by atoms with E-state index in [4.69, 9.17) is 4.74 Å². The van der Waals surface area contributed by atoms with Crippen molar-refractivity contribution in [2.24, 2.45) is 0 Å². The van der Waals surface area contributed by atoms with E-state index >= 15 is 0 Å². The first-order valence-electron chi connectivity index (χ1n) is 6.30. The van der Waals surface area contributed by atoms with Crippen molar-refractivity contribution >= 4 is 0 Å². The zero-order valence-electron chi connectivity index (χ0n) is 10.9. The summed E-state index contributed by atoms with van der Waals surface area (Å²) in [5.41, 5.74) is 1.81. The van der Waals surface area contributed by atoms with E-state index in [1.54, 1.807) is 6.20 Å². The summed E-state index contributed by atoms with van der Waals surface area (Å²) >= 11 is 0. The van der Waals surface area contributed by atoms with Crippen LogP contribution in [0.1, 0.15) is 18.1 Å². The normalized spacial score (nSPS) is 10.4. The molecule has 0 spiro atoms. The van der Waals surface area contributed by atoms with Crippen molar-refractivity contribution in [3.05, 3.63) is 59.7 Å². The first kappa shape index (κ1) is 13.5. The molecule has 0 atom stereocenters. The summed E-state index contributed by atoms with van der Waals surface area (Å²) in [5.74, 6) is 0.467. The minimum absolute atomic E-state index is 0.313. The number of benzene rings is 1.